The van der Waals surface area contributed by atoms with Crippen LogP contribution in [0, 0.1) is 11.6 Å². The van der Waals surface area contributed by atoms with Crippen LogP contribution in [-0.4, -0.2) is 17.1 Å². The van der Waals surface area contributed by atoms with E-state index < -0.39 is 17.2 Å². The highest BCUT2D eigenvalue weighted by atomic mass is 19.2. The molecule has 2 rings (SSSR count). The first-order valence-corrected chi connectivity index (χ1v) is 5.41. The molecule has 0 atom stereocenters. The van der Waals surface area contributed by atoms with Crippen molar-refractivity contribution in [3.8, 4) is 5.75 Å². The maximum atomic E-state index is 13.0. The standard InChI is InChI=1S/C12H11F2N3O2/c1-19-10-11(16-6-17-12(10)18)15-5-7-2-3-8(13)9(14)4-7/h2-4,6H,5H2,1H3,(H2,15,16,17,18). The van der Waals surface area contributed by atoms with Gasteiger partial charge in [0.05, 0.1) is 13.4 Å². The summed E-state index contributed by atoms with van der Waals surface area (Å²) in [5.41, 5.74) is 0.0910. The highest BCUT2D eigenvalue weighted by Crippen LogP contribution is 2.16. The topological polar surface area (TPSA) is 67.0 Å². The molecular formula is C12H11F2N3O2. The first-order chi connectivity index (χ1) is 9.11. The number of aromatic nitrogens is 2. The van der Waals surface area contributed by atoms with E-state index in [2.05, 4.69) is 15.3 Å². The zero-order valence-corrected chi connectivity index (χ0v) is 10.0. The molecule has 0 aliphatic carbocycles. The molecule has 100 valence electrons. The van der Waals surface area contributed by atoms with Crippen LogP contribution in [0.3, 0.4) is 0 Å². The molecule has 1 aromatic heterocycles. The molecule has 0 aliphatic rings. The maximum Gasteiger partial charge on any atom is 0.295 e. The Labute approximate surface area is 107 Å². The Kier molecular flexibility index (Phi) is 3.74. The molecule has 5 nitrogen and oxygen atoms in total. The van der Waals surface area contributed by atoms with E-state index in [-0.39, 0.29) is 18.1 Å². The van der Waals surface area contributed by atoms with Crippen molar-refractivity contribution in [2.75, 3.05) is 12.4 Å². The van der Waals surface area contributed by atoms with Crippen LogP contribution in [0.5, 0.6) is 5.75 Å². The summed E-state index contributed by atoms with van der Waals surface area (Å²) in [4.78, 5) is 17.7. The Bertz CT molecular complexity index is 643. The van der Waals surface area contributed by atoms with Gasteiger partial charge in [0.1, 0.15) is 0 Å². The second-order valence-electron chi connectivity index (χ2n) is 3.72. The van der Waals surface area contributed by atoms with E-state index in [9.17, 15) is 13.6 Å². The quantitative estimate of drug-likeness (QED) is 0.884. The molecule has 19 heavy (non-hydrogen) atoms. The average Bonchev–Trinajstić information content (AvgIpc) is 2.40. The molecule has 0 saturated heterocycles. The van der Waals surface area contributed by atoms with Crippen LogP contribution in [0.1, 0.15) is 5.56 Å². The van der Waals surface area contributed by atoms with Gasteiger partial charge in [-0.2, -0.15) is 0 Å². The van der Waals surface area contributed by atoms with E-state index in [0.29, 0.717) is 5.56 Å². The Hall–Kier alpha value is -2.44. The SMILES string of the molecule is COc1c(NCc2ccc(F)c(F)c2)nc[nH]c1=O. The summed E-state index contributed by atoms with van der Waals surface area (Å²) in [5, 5.41) is 2.82. The first-order valence-electron chi connectivity index (χ1n) is 5.41. The van der Waals surface area contributed by atoms with Crippen LogP contribution in [0.15, 0.2) is 29.3 Å². The van der Waals surface area contributed by atoms with E-state index >= 15 is 0 Å². The summed E-state index contributed by atoms with van der Waals surface area (Å²) >= 11 is 0. The number of hydrogen-bond donors (Lipinski definition) is 2. The lowest BCUT2D eigenvalue weighted by atomic mass is 10.2. The van der Waals surface area contributed by atoms with Gasteiger partial charge < -0.3 is 15.0 Å². The molecule has 7 heteroatoms. The van der Waals surface area contributed by atoms with Gasteiger partial charge >= 0.3 is 0 Å². The molecule has 1 heterocycles. The molecule has 0 aliphatic heterocycles. The molecule has 0 fully saturated rings. The Morgan fingerprint density at radius 2 is 2.16 bits per heavy atom. The van der Waals surface area contributed by atoms with Crippen molar-refractivity contribution in [1.29, 1.82) is 0 Å². The number of nitrogens with one attached hydrogen (secondary N) is 2. The van der Waals surface area contributed by atoms with E-state index in [0.717, 1.165) is 12.1 Å². The minimum Gasteiger partial charge on any atom is -0.489 e. The molecule has 0 amide bonds. The Balaban J connectivity index is 2.16. The normalized spacial score (nSPS) is 10.3. The van der Waals surface area contributed by atoms with E-state index in [4.69, 9.17) is 4.74 Å². The maximum absolute atomic E-state index is 13.0. The van der Waals surface area contributed by atoms with Gasteiger partial charge in [0.25, 0.3) is 5.56 Å². The number of benzene rings is 1. The van der Waals surface area contributed by atoms with Crippen LogP contribution in [0.2, 0.25) is 0 Å². The highest BCUT2D eigenvalue weighted by Gasteiger charge is 2.09. The fourth-order valence-corrected chi connectivity index (χ4v) is 1.54. The van der Waals surface area contributed by atoms with Crippen molar-refractivity contribution in [3.63, 3.8) is 0 Å². The molecule has 2 N–H and O–H groups in total. The summed E-state index contributed by atoms with van der Waals surface area (Å²) < 4.78 is 30.7. The number of anilines is 1. The van der Waals surface area contributed by atoms with Crippen molar-refractivity contribution in [1.82, 2.24) is 9.97 Å². The molecule has 0 saturated carbocycles. The lowest BCUT2D eigenvalue weighted by Gasteiger charge is -2.08. The van der Waals surface area contributed by atoms with E-state index in [1.54, 1.807) is 0 Å². The van der Waals surface area contributed by atoms with Gasteiger partial charge in [0.15, 0.2) is 17.5 Å². The molecule has 1 aromatic carbocycles. The fourth-order valence-electron chi connectivity index (χ4n) is 1.54. The third-order valence-electron chi connectivity index (χ3n) is 2.46. The molecule has 2 aromatic rings. The molecule has 0 radical (unpaired) electrons. The molecule has 0 unspecified atom stereocenters. The number of H-pyrrole nitrogens is 1. The summed E-state index contributed by atoms with van der Waals surface area (Å²) in [6.07, 6.45) is 1.22. The van der Waals surface area contributed by atoms with Gasteiger partial charge in [-0.1, -0.05) is 6.07 Å². The number of aromatic amines is 1. The zero-order chi connectivity index (χ0) is 13.8. The monoisotopic (exact) mass is 267 g/mol. The van der Waals surface area contributed by atoms with Crippen LogP contribution in [0.4, 0.5) is 14.6 Å². The summed E-state index contributed by atoms with van der Waals surface area (Å²) in [6, 6.07) is 3.54. The average molecular weight is 267 g/mol. The van der Waals surface area contributed by atoms with Crippen molar-refractivity contribution in [2.24, 2.45) is 0 Å². The van der Waals surface area contributed by atoms with Gasteiger partial charge in [0, 0.05) is 6.54 Å². The molecule has 0 spiro atoms. The number of methoxy groups -OCH3 is 1. The smallest absolute Gasteiger partial charge is 0.295 e. The lowest BCUT2D eigenvalue weighted by molar-refractivity contribution is 0.408. The summed E-state index contributed by atoms with van der Waals surface area (Å²) in [5.74, 6) is -1.57. The number of rotatable bonds is 4. The third-order valence-corrected chi connectivity index (χ3v) is 2.46. The second kappa shape index (κ2) is 5.47. The molecular weight excluding hydrogens is 256 g/mol. The predicted octanol–water partition coefficient (Wildman–Crippen LogP) is 1.67. The zero-order valence-electron chi connectivity index (χ0n) is 10.0. The highest BCUT2D eigenvalue weighted by molar-refractivity contribution is 5.48. The van der Waals surface area contributed by atoms with Gasteiger partial charge in [0.2, 0.25) is 5.75 Å². The van der Waals surface area contributed by atoms with Crippen LogP contribution in [-0.2, 0) is 6.54 Å². The second-order valence-corrected chi connectivity index (χ2v) is 3.72. The number of hydrogen-bond acceptors (Lipinski definition) is 4. The van der Waals surface area contributed by atoms with Gasteiger partial charge in [-0.05, 0) is 17.7 Å². The van der Waals surface area contributed by atoms with Gasteiger partial charge in [-0.3, -0.25) is 4.79 Å². The van der Waals surface area contributed by atoms with Crippen molar-refractivity contribution in [3.05, 3.63) is 52.1 Å². The minimum atomic E-state index is -0.926. The van der Waals surface area contributed by atoms with Crippen molar-refractivity contribution >= 4 is 5.82 Å². The number of halogens is 2. The van der Waals surface area contributed by atoms with E-state index in [1.807, 2.05) is 0 Å². The van der Waals surface area contributed by atoms with Crippen molar-refractivity contribution < 1.29 is 13.5 Å². The van der Waals surface area contributed by atoms with Crippen LogP contribution < -0.4 is 15.6 Å². The largest absolute Gasteiger partial charge is 0.489 e. The fraction of sp³-hybridized carbons (Fsp3) is 0.167. The van der Waals surface area contributed by atoms with Crippen molar-refractivity contribution in [2.45, 2.75) is 6.54 Å². The summed E-state index contributed by atoms with van der Waals surface area (Å²) in [7, 11) is 1.34. The number of ether oxygens (including phenoxy) is 1. The summed E-state index contributed by atoms with van der Waals surface area (Å²) in [6.45, 7) is 0.185. The van der Waals surface area contributed by atoms with E-state index in [1.165, 1.54) is 19.5 Å². The predicted molar refractivity (Wildman–Crippen MR) is 65.1 cm³/mol. The number of nitrogens with zero attached hydrogens (tertiary/aromatic N) is 1. The van der Waals surface area contributed by atoms with Crippen LogP contribution >= 0.6 is 0 Å². The lowest BCUT2D eigenvalue weighted by Crippen LogP contribution is -2.14. The van der Waals surface area contributed by atoms with Gasteiger partial charge in [-0.25, -0.2) is 13.8 Å². The first kappa shape index (κ1) is 13.0. The molecule has 0 bridgehead atoms. The Morgan fingerprint density at radius 1 is 1.37 bits per heavy atom. The third kappa shape index (κ3) is 2.87. The van der Waals surface area contributed by atoms with Crippen LogP contribution in [0.25, 0.3) is 0 Å². The van der Waals surface area contributed by atoms with Gasteiger partial charge in [-0.15, -0.1) is 0 Å². The Morgan fingerprint density at radius 3 is 2.84 bits per heavy atom. The minimum absolute atomic E-state index is 0.0325.